The Morgan fingerprint density at radius 3 is 2.53 bits per heavy atom. The third kappa shape index (κ3) is 2.56. The average molecular weight is 231 g/mol. The lowest BCUT2D eigenvalue weighted by Crippen LogP contribution is -1.90. The Labute approximate surface area is 101 Å². The minimum Gasteiger partial charge on any atom is -0.390 e. The topological polar surface area (TPSA) is 46.3 Å². The van der Waals surface area contributed by atoms with Gasteiger partial charge in [-0.1, -0.05) is 43.3 Å². The van der Waals surface area contributed by atoms with Crippen molar-refractivity contribution in [1.82, 2.24) is 5.16 Å². The third-order valence-corrected chi connectivity index (χ3v) is 3.10. The van der Waals surface area contributed by atoms with E-state index in [1.807, 2.05) is 12.1 Å². The zero-order valence-corrected chi connectivity index (χ0v) is 10.2. The Balaban J connectivity index is 2.22. The smallest absolute Gasteiger partial charge is 0.167 e. The molecule has 0 spiro atoms. The van der Waals surface area contributed by atoms with Crippen molar-refractivity contribution in [3.8, 4) is 11.3 Å². The summed E-state index contributed by atoms with van der Waals surface area (Å²) < 4.78 is 5.16. The predicted molar refractivity (Wildman–Crippen MR) is 66.6 cm³/mol. The molecular formula is C14H17NO2. The molecule has 0 bridgehead atoms. The first-order chi connectivity index (χ1) is 8.24. The predicted octanol–water partition coefficient (Wildman–Crippen LogP) is 3.35. The van der Waals surface area contributed by atoms with E-state index in [2.05, 4.69) is 31.1 Å². The van der Waals surface area contributed by atoms with Crippen LogP contribution in [0.15, 0.2) is 34.9 Å². The third-order valence-electron chi connectivity index (χ3n) is 3.10. The summed E-state index contributed by atoms with van der Waals surface area (Å²) in [6, 6.07) is 10.1. The zero-order chi connectivity index (χ0) is 12.3. The molecule has 0 aliphatic heterocycles. The van der Waals surface area contributed by atoms with Crippen LogP contribution in [-0.2, 0) is 6.61 Å². The highest BCUT2D eigenvalue weighted by Crippen LogP contribution is 2.24. The molecule has 0 radical (unpaired) electrons. The first kappa shape index (κ1) is 11.9. The van der Waals surface area contributed by atoms with E-state index < -0.39 is 0 Å². The molecule has 1 aromatic carbocycles. The van der Waals surface area contributed by atoms with Crippen molar-refractivity contribution in [2.45, 2.75) is 32.8 Å². The van der Waals surface area contributed by atoms with Gasteiger partial charge in [0, 0.05) is 11.6 Å². The number of aliphatic hydroxyl groups is 1. The monoisotopic (exact) mass is 231 g/mol. The SMILES string of the molecule is CCC(C)c1ccc(-c2cc(CO)no2)cc1. The number of hydrogen-bond donors (Lipinski definition) is 1. The molecule has 2 aromatic rings. The fraction of sp³-hybridized carbons (Fsp3) is 0.357. The van der Waals surface area contributed by atoms with Crippen molar-refractivity contribution in [3.05, 3.63) is 41.6 Å². The normalized spacial score (nSPS) is 12.6. The number of aliphatic hydroxyl groups excluding tert-OH is 1. The van der Waals surface area contributed by atoms with E-state index in [0.29, 0.717) is 17.4 Å². The Morgan fingerprint density at radius 1 is 1.29 bits per heavy atom. The molecule has 0 saturated heterocycles. The highest BCUT2D eigenvalue weighted by atomic mass is 16.5. The van der Waals surface area contributed by atoms with Crippen molar-refractivity contribution in [3.63, 3.8) is 0 Å². The molecule has 1 N–H and O–H groups in total. The minimum absolute atomic E-state index is 0.0888. The summed E-state index contributed by atoms with van der Waals surface area (Å²) in [6.45, 7) is 4.31. The highest BCUT2D eigenvalue weighted by Gasteiger charge is 2.07. The van der Waals surface area contributed by atoms with Crippen LogP contribution in [0.3, 0.4) is 0 Å². The van der Waals surface area contributed by atoms with Crippen molar-refractivity contribution < 1.29 is 9.63 Å². The van der Waals surface area contributed by atoms with Crippen molar-refractivity contribution in [2.24, 2.45) is 0 Å². The summed E-state index contributed by atoms with van der Waals surface area (Å²) in [4.78, 5) is 0. The first-order valence-electron chi connectivity index (χ1n) is 5.91. The second-order valence-corrected chi connectivity index (χ2v) is 4.27. The maximum Gasteiger partial charge on any atom is 0.167 e. The van der Waals surface area contributed by atoms with Gasteiger partial charge < -0.3 is 9.63 Å². The fourth-order valence-corrected chi connectivity index (χ4v) is 1.73. The maximum atomic E-state index is 8.92. The largest absolute Gasteiger partial charge is 0.390 e. The Bertz CT molecular complexity index is 473. The fourth-order valence-electron chi connectivity index (χ4n) is 1.73. The van der Waals surface area contributed by atoms with Gasteiger partial charge in [0.05, 0.1) is 6.61 Å². The van der Waals surface area contributed by atoms with Gasteiger partial charge in [0.25, 0.3) is 0 Å². The standard InChI is InChI=1S/C14H17NO2/c1-3-10(2)11-4-6-12(7-5-11)14-8-13(9-16)15-17-14/h4-8,10,16H,3,9H2,1-2H3. The molecule has 90 valence electrons. The van der Waals surface area contributed by atoms with E-state index in [4.69, 9.17) is 9.63 Å². The summed E-state index contributed by atoms with van der Waals surface area (Å²) in [6.07, 6.45) is 1.14. The second-order valence-electron chi connectivity index (χ2n) is 4.27. The van der Waals surface area contributed by atoms with Crippen LogP contribution in [0.2, 0.25) is 0 Å². The Kier molecular flexibility index (Phi) is 3.59. The van der Waals surface area contributed by atoms with Gasteiger partial charge in [-0.05, 0) is 17.9 Å². The highest BCUT2D eigenvalue weighted by molar-refractivity contribution is 5.57. The lowest BCUT2D eigenvalue weighted by atomic mass is 9.97. The van der Waals surface area contributed by atoms with Crippen molar-refractivity contribution in [1.29, 1.82) is 0 Å². The summed E-state index contributed by atoms with van der Waals surface area (Å²) in [7, 11) is 0. The molecule has 17 heavy (non-hydrogen) atoms. The molecule has 1 aromatic heterocycles. The number of nitrogens with zero attached hydrogens (tertiary/aromatic N) is 1. The van der Waals surface area contributed by atoms with Crippen molar-refractivity contribution in [2.75, 3.05) is 0 Å². The van der Waals surface area contributed by atoms with E-state index in [-0.39, 0.29) is 6.61 Å². The molecule has 3 heteroatoms. The van der Waals surface area contributed by atoms with Crippen LogP contribution in [0.25, 0.3) is 11.3 Å². The van der Waals surface area contributed by atoms with Gasteiger partial charge in [-0.2, -0.15) is 0 Å². The van der Waals surface area contributed by atoms with E-state index in [0.717, 1.165) is 12.0 Å². The average Bonchev–Trinajstić information content (AvgIpc) is 2.87. The molecule has 0 saturated carbocycles. The van der Waals surface area contributed by atoms with Gasteiger partial charge in [0.2, 0.25) is 0 Å². The van der Waals surface area contributed by atoms with E-state index in [1.165, 1.54) is 5.56 Å². The van der Waals surface area contributed by atoms with Crippen LogP contribution in [0.5, 0.6) is 0 Å². The summed E-state index contributed by atoms with van der Waals surface area (Å²) in [5.41, 5.74) is 2.88. The summed E-state index contributed by atoms with van der Waals surface area (Å²) in [5.74, 6) is 1.27. The number of hydrogen-bond acceptors (Lipinski definition) is 3. The van der Waals surface area contributed by atoms with Crippen LogP contribution >= 0.6 is 0 Å². The Hall–Kier alpha value is -1.61. The van der Waals surface area contributed by atoms with Gasteiger partial charge in [-0.15, -0.1) is 0 Å². The number of aromatic nitrogens is 1. The summed E-state index contributed by atoms with van der Waals surface area (Å²) in [5, 5.41) is 12.7. The van der Waals surface area contributed by atoms with Gasteiger partial charge >= 0.3 is 0 Å². The van der Waals surface area contributed by atoms with Crippen LogP contribution in [0.4, 0.5) is 0 Å². The van der Waals surface area contributed by atoms with Gasteiger partial charge in [0.15, 0.2) is 5.76 Å². The van der Waals surface area contributed by atoms with E-state index in [9.17, 15) is 0 Å². The number of rotatable bonds is 4. The molecule has 0 aliphatic carbocycles. The molecule has 0 fully saturated rings. The lowest BCUT2D eigenvalue weighted by Gasteiger charge is -2.08. The Morgan fingerprint density at radius 2 is 2.00 bits per heavy atom. The quantitative estimate of drug-likeness (QED) is 0.877. The molecule has 1 unspecified atom stereocenters. The van der Waals surface area contributed by atoms with Crippen LogP contribution in [-0.4, -0.2) is 10.3 Å². The van der Waals surface area contributed by atoms with Crippen LogP contribution in [0.1, 0.15) is 37.4 Å². The molecule has 3 nitrogen and oxygen atoms in total. The summed E-state index contributed by atoms with van der Waals surface area (Å²) >= 11 is 0. The zero-order valence-electron chi connectivity index (χ0n) is 10.2. The first-order valence-corrected chi connectivity index (χ1v) is 5.91. The molecule has 1 heterocycles. The van der Waals surface area contributed by atoms with E-state index >= 15 is 0 Å². The van der Waals surface area contributed by atoms with Gasteiger partial charge in [0.1, 0.15) is 5.69 Å². The second kappa shape index (κ2) is 5.15. The minimum atomic E-state index is -0.0888. The van der Waals surface area contributed by atoms with Crippen LogP contribution < -0.4 is 0 Å². The number of benzene rings is 1. The van der Waals surface area contributed by atoms with Gasteiger partial charge in [-0.3, -0.25) is 0 Å². The van der Waals surface area contributed by atoms with Crippen molar-refractivity contribution >= 4 is 0 Å². The van der Waals surface area contributed by atoms with Crippen LogP contribution in [0, 0.1) is 0 Å². The molecule has 0 amide bonds. The molecular weight excluding hydrogens is 214 g/mol. The molecule has 1 atom stereocenters. The van der Waals surface area contributed by atoms with E-state index in [1.54, 1.807) is 6.07 Å². The van der Waals surface area contributed by atoms with Gasteiger partial charge in [-0.25, -0.2) is 0 Å². The maximum absolute atomic E-state index is 8.92. The molecule has 0 aliphatic rings. The molecule has 2 rings (SSSR count). The lowest BCUT2D eigenvalue weighted by molar-refractivity contribution is 0.267.